The monoisotopic (exact) mass is 336 g/mol. The summed E-state index contributed by atoms with van der Waals surface area (Å²) >= 11 is 0. The van der Waals surface area contributed by atoms with E-state index in [1.807, 2.05) is 43.3 Å². The lowest BCUT2D eigenvalue weighted by Gasteiger charge is -2.24. The molecule has 0 saturated heterocycles. The minimum absolute atomic E-state index is 0.0456. The van der Waals surface area contributed by atoms with Crippen LogP contribution in [-0.2, 0) is 16.1 Å². The summed E-state index contributed by atoms with van der Waals surface area (Å²) in [5.41, 5.74) is 2.95. The molecule has 0 saturated carbocycles. The van der Waals surface area contributed by atoms with Crippen LogP contribution < -0.4 is 9.47 Å². The largest absolute Gasteiger partial charge is 0.485 e. The third-order valence-corrected chi connectivity index (χ3v) is 3.97. The van der Waals surface area contributed by atoms with Crippen LogP contribution in [0.3, 0.4) is 0 Å². The van der Waals surface area contributed by atoms with E-state index in [0.29, 0.717) is 17.2 Å². The number of esters is 1. The van der Waals surface area contributed by atoms with Gasteiger partial charge < -0.3 is 14.2 Å². The second-order valence-corrected chi connectivity index (χ2v) is 5.72. The highest BCUT2D eigenvalue weighted by Crippen LogP contribution is 2.31. The zero-order chi connectivity index (χ0) is 17.2. The summed E-state index contributed by atoms with van der Waals surface area (Å²) in [6, 6.07) is 14.8. The summed E-state index contributed by atoms with van der Waals surface area (Å²) in [7, 11) is 0. The lowest BCUT2D eigenvalue weighted by Crippen LogP contribution is -2.37. The second-order valence-electron chi connectivity index (χ2n) is 5.72. The van der Waals surface area contributed by atoms with Gasteiger partial charge in [0, 0.05) is 0 Å². The number of carbonyl (C=O) groups excluding carboxylic acids is 1. The Kier molecular flexibility index (Phi) is 3.93. The first-order valence-electron chi connectivity index (χ1n) is 7.98. The Bertz CT molecular complexity index is 942. The first-order valence-corrected chi connectivity index (χ1v) is 7.98. The van der Waals surface area contributed by atoms with Crippen LogP contribution in [0.4, 0.5) is 0 Å². The number of para-hydroxylation sites is 4. The van der Waals surface area contributed by atoms with Gasteiger partial charge >= 0.3 is 5.97 Å². The summed E-state index contributed by atoms with van der Waals surface area (Å²) in [6.45, 7) is 2.02. The van der Waals surface area contributed by atoms with Gasteiger partial charge in [-0.1, -0.05) is 24.3 Å². The van der Waals surface area contributed by atoms with Crippen molar-refractivity contribution < 1.29 is 19.0 Å². The van der Waals surface area contributed by atoms with Gasteiger partial charge in [-0.2, -0.15) is 0 Å². The number of benzene rings is 2. The zero-order valence-corrected chi connectivity index (χ0v) is 13.6. The molecule has 6 heteroatoms. The molecule has 0 amide bonds. The molecule has 1 aliphatic rings. The summed E-state index contributed by atoms with van der Waals surface area (Å²) in [5.74, 6) is 0.684. The minimum atomic E-state index is -0.788. The molecule has 0 bridgehead atoms. The minimum Gasteiger partial charge on any atom is -0.485 e. The predicted molar refractivity (Wildman–Crippen MR) is 90.4 cm³/mol. The lowest BCUT2D eigenvalue weighted by molar-refractivity contribution is -0.156. The van der Waals surface area contributed by atoms with Crippen LogP contribution in [0.5, 0.6) is 11.5 Å². The molecule has 0 N–H and O–H groups in total. The maximum Gasteiger partial charge on any atom is 0.351 e. The number of rotatable bonds is 3. The number of carbonyl (C=O) groups is 1. The van der Waals surface area contributed by atoms with Crippen LogP contribution in [0.2, 0.25) is 0 Å². The standard InChI is InChI=1S/C19H16N2O4/c1-12-15(21-14-7-3-2-6-13(14)20-12)10-24-19(22)18-11-23-16-8-4-5-9-17(16)25-18/h2-9,18H,10-11H2,1H3/t18-/m1/s1. The smallest absolute Gasteiger partial charge is 0.351 e. The van der Waals surface area contributed by atoms with Crippen molar-refractivity contribution in [2.45, 2.75) is 19.6 Å². The van der Waals surface area contributed by atoms with E-state index in [-0.39, 0.29) is 13.2 Å². The van der Waals surface area contributed by atoms with Gasteiger partial charge in [0.15, 0.2) is 11.5 Å². The Hall–Kier alpha value is -3.15. The van der Waals surface area contributed by atoms with E-state index in [2.05, 4.69) is 9.97 Å². The fraction of sp³-hybridized carbons (Fsp3) is 0.211. The molecule has 0 aliphatic carbocycles. The molecule has 6 nitrogen and oxygen atoms in total. The molecule has 4 rings (SSSR count). The van der Waals surface area contributed by atoms with E-state index >= 15 is 0 Å². The van der Waals surface area contributed by atoms with E-state index in [0.717, 1.165) is 16.7 Å². The normalized spacial score (nSPS) is 15.8. The number of fused-ring (bicyclic) bond motifs is 2. The van der Waals surface area contributed by atoms with Crippen molar-refractivity contribution in [1.29, 1.82) is 0 Å². The molecule has 3 aromatic rings. The van der Waals surface area contributed by atoms with Crippen molar-refractivity contribution >= 4 is 17.0 Å². The van der Waals surface area contributed by atoms with Gasteiger partial charge in [-0.15, -0.1) is 0 Å². The Morgan fingerprint density at radius 1 is 1.08 bits per heavy atom. The summed E-state index contributed by atoms with van der Waals surface area (Å²) in [4.78, 5) is 21.3. The fourth-order valence-electron chi connectivity index (χ4n) is 2.63. The van der Waals surface area contributed by atoms with E-state index < -0.39 is 12.1 Å². The van der Waals surface area contributed by atoms with Crippen LogP contribution in [0.1, 0.15) is 11.4 Å². The van der Waals surface area contributed by atoms with Crippen molar-refractivity contribution in [3.05, 3.63) is 59.9 Å². The SMILES string of the molecule is Cc1nc2ccccc2nc1COC(=O)[C@H]1COc2ccccc2O1. The van der Waals surface area contributed by atoms with E-state index in [1.165, 1.54) is 0 Å². The maximum absolute atomic E-state index is 12.3. The van der Waals surface area contributed by atoms with Crippen LogP contribution in [-0.4, -0.2) is 28.6 Å². The molecule has 1 aromatic heterocycles. The van der Waals surface area contributed by atoms with Crippen LogP contribution in [0.25, 0.3) is 11.0 Å². The molecule has 1 atom stereocenters. The molecular formula is C19H16N2O4. The van der Waals surface area contributed by atoms with Gasteiger partial charge in [-0.3, -0.25) is 0 Å². The average molecular weight is 336 g/mol. The third kappa shape index (κ3) is 3.10. The second kappa shape index (κ2) is 6.39. The number of nitrogens with zero attached hydrogens (tertiary/aromatic N) is 2. The number of aryl methyl sites for hydroxylation is 1. The zero-order valence-electron chi connectivity index (χ0n) is 13.6. The number of aromatic nitrogens is 2. The van der Waals surface area contributed by atoms with Crippen molar-refractivity contribution in [2.75, 3.05) is 6.61 Å². The predicted octanol–water partition coefficient (Wildman–Crippen LogP) is 2.82. The molecule has 0 fully saturated rings. The third-order valence-electron chi connectivity index (χ3n) is 3.97. The molecule has 2 heterocycles. The van der Waals surface area contributed by atoms with Gasteiger partial charge in [0.25, 0.3) is 0 Å². The molecule has 2 aromatic carbocycles. The van der Waals surface area contributed by atoms with E-state index in [9.17, 15) is 4.79 Å². The van der Waals surface area contributed by atoms with Crippen LogP contribution in [0.15, 0.2) is 48.5 Å². The quantitative estimate of drug-likeness (QED) is 0.685. The molecular weight excluding hydrogens is 320 g/mol. The molecule has 25 heavy (non-hydrogen) atoms. The van der Waals surface area contributed by atoms with Gasteiger partial charge in [-0.05, 0) is 31.2 Å². The molecule has 0 spiro atoms. The summed E-state index contributed by atoms with van der Waals surface area (Å²) < 4.78 is 16.5. The topological polar surface area (TPSA) is 70.5 Å². The Morgan fingerprint density at radius 3 is 2.56 bits per heavy atom. The van der Waals surface area contributed by atoms with Crippen molar-refractivity contribution in [2.24, 2.45) is 0 Å². The maximum atomic E-state index is 12.3. The van der Waals surface area contributed by atoms with E-state index in [4.69, 9.17) is 14.2 Å². The van der Waals surface area contributed by atoms with E-state index in [1.54, 1.807) is 12.1 Å². The van der Waals surface area contributed by atoms with Gasteiger partial charge in [0.2, 0.25) is 6.10 Å². The Morgan fingerprint density at radius 2 is 1.76 bits per heavy atom. The summed E-state index contributed by atoms with van der Waals surface area (Å²) in [5, 5.41) is 0. The van der Waals surface area contributed by atoms with Crippen molar-refractivity contribution in [3.63, 3.8) is 0 Å². The molecule has 1 aliphatic heterocycles. The van der Waals surface area contributed by atoms with Gasteiger partial charge in [0.05, 0.1) is 22.4 Å². The van der Waals surface area contributed by atoms with Gasteiger partial charge in [-0.25, -0.2) is 14.8 Å². The van der Waals surface area contributed by atoms with Crippen LogP contribution in [0, 0.1) is 6.92 Å². The summed E-state index contributed by atoms with van der Waals surface area (Å²) in [6.07, 6.45) is -0.788. The first kappa shape index (κ1) is 15.4. The highest BCUT2D eigenvalue weighted by Gasteiger charge is 2.28. The fourth-order valence-corrected chi connectivity index (χ4v) is 2.63. The molecule has 0 radical (unpaired) electrons. The molecule has 0 unspecified atom stereocenters. The number of hydrogen-bond acceptors (Lipinski definition) is 6. The van der Waals surface area contributed by atoms with Crippen LogP contribution >= 0.6 is 0 Å². The Balaban J connectivity index is 1.45. The number of ether oxygens (including phenoxy) is 3. The van der Waals surface area contributed by atoms with Gasteiger partial charge in [0.1, 0.15) is 13.2 Å². The Labute approximate surface area is 144 Å². The highest BCUT2D eigenvalue weighted by molar-refractivity contribution is 5.76. The first-order chi connectivity index (χ1) is 12.2. The van der Waals surface area contributed by atoms with Crippen molar-refractivity contribution in [1.82, 2.24) is 9.97 Å². The highest BCUT2D eigenvalue weighted by atomic mass is 16.6. The molecule has 126 valence electrons. The lowest BCUT2D eigenvalue weighted by atomic mass is 10.2. The average Bonchev–Trinajstić information content (AvgIpc) is 2.65. The van der Waals surface area contributed by atoms with Crippen molar-refractivity contribution in [3.8, 4) is 11.5 Å². The number of hydrogen-bond donors (Lipinski definition) is 0.